The van der Waals surface area contributed by atoms with Gasteiger partial charge in [0.2, 0.25) is 0 Å². The summed E-state index contributed by atoms with van der Waals surface area (Å²) in [4.78, 5) is 0. The minimum absolute atomic E-state index is 0.0493. The van der Waals surface area contributed by atoms with Crippen LogP contribution in [0.2, 0.25) is 5.02 Å². The molecule has 3 nitrogen and oxygen atoms in total. The lowest BCUT2D eigenvalue weighted by atomic mass is 10.1. The van der Waals surface area contributed by atoms with E-state index in [1.165, 1.54) is 0 Å². The molecule has 1 rings (SSSR count). The Morgan fingerprint density at radius 3 is 2.05 bits per heavy atom. The van der Waals surface area contributed by atoms with Crippen LogP contribution < -0.4 is 14.8 Å². The third-order valence-corrected chi connectivity index (χ3v) is 2.87. The van der Waals surface area contributed by atoms with Crippen molar-refractivity contribution < 1.29 is 9.47 Å². The molecule has 0 bridgehead atoms. The van der Waals surface area contributed by atoms with E-state index in [0.29, 0.717) is 30.5 Å². The molecule has 0 amide bonds. The Labute approximate surface area is 121 Å². The first kappa shape index (κ1) is 16.1. The van der Waals surface area contributed by atoms with Gasteiger partial charge < -0.3 is 14.8 Å². The largest absolute Gasteiger partial charge is 0.490 e. The number of benzene rings is 1. The van der Waals surface area contributed by atoms with Crippen molar-refractivity contribution in [3.8, 4) is 11.5 Å². The van der Waals surface area contributed by atoms with Crippen LogP contribution in [-0.4, -0.2) is 18.8 Å². The number of ether oxygens (including phenoxy) is 2. The van der Waals surface area contributed by atoms with E-state index in [9.17, 15) is 0 Å². The monoisotopic (exact) mass is 285 g/mol. The highest BCUT2D eigenvalue weighted by atomic mass is 35.5. The summed E-state index contributed by atoms with van der Waals surface area (Å²) in [5.74, 6) is 1.45. The van der Waals surface area contributed by atoms with E-state index >= 15 is 0 Å². The molecule has 0 atom stereocenters. The predicted molar refractivity (Wildman–Crippen MR) is 80.4 cm³/mol. The standard InChI is InChI=1S/C15H24ClNO2/c1-6-18-13-8-11(10-17-15(3,4)5)12(16)9-14(13)19-7-2/h8-9,17H,6-7,10H2,1-5H3. The van der Waals surface area contributed by atoms with Crippen molar-refractivity contribution in [1.29, 1.82) is 0 Å². The van der Waals surface area contributed by atoms with Crippen molar-refractivity contribution in [3.63, 3.8) is 0 Å². The van der Waals surface area contributed by atoms with Crippen LogP contribution >= 0.6 is 11.6 Å². The van der Waals surface area contributed by atoms with Crippen LogP contribution in [0.15, 0.2) is 12.1 Å². The fourth-order valence-electron chi connectivity index (χ4n) is 1.61. The van der Waals surface area contributed by atoms with Crippen LogP contribution in [0.3, 0.4) is 0 Å². The highest BCUT2D eigenvalue weighted by Gasteiger charge is 2.14. The summed E-state index contributed by atoms with van der Waals surface area (Å²) < 4.78 is 11.1. The van der Waals surface area contributed by atoms with Gasteiger partial charge in [-0.3, -0.25) is 0 Å². The molecule has 0 radical (unpaired) electrons. The van der Waals surface area contributed by atoms with Crippen molar-refractivity contribution in [1.82, 2.24) is 5.32 Å². The van der Waals surface area contributed by atoms with Crippen molar-refractivity contribution in [2.75, 3.05) is 13.2 Å². The highest BCUT2D eigenvalue weighted by Crippen LogP contribution is 2.33. The lowest BCUT2D eigenvalue weighted by Crippen LogP contribution is -2.35. The van der Waals surface area contributed by atoms with Crippen molar-refractivity contribution in [2.45, 2.75) is 46.7 Å². The molecular weight excluding hydrogens is 262 g/mol. The van der Waals surface area contributed by atoms with E-state index in [2.05, 4.69) is 26.1 Å². The van der Waals surface area contributed by atoms with Crippen LogP contribution in [0.5, 0.6) is 11.5 Å². The summed E-state index contributed by atoms with van der Waals surface area (Å²) in [6.45, 7) is 12.2. The number of hydrogen-bond acceptors (Lipinski definition) is 3. The van der Waals surface area contributed by atoms with E-state index in [1.54, 1.807) is 0 Å². The van der Waals surface area contributed by atoms with Gasteiger partial charge >= 0.3 is 0 Å². The number of nitrogens with one attached hydrogen (secondary N) is 1. The van der Waals surface area contributed by atoms with E-state index in [0.717, 1.165) is 11.3 Å². The van der Waals surface area contributed by atoms with Gasteiger partial charge in [0.15, 0.2) is 11.5 Å². The zero-order valence-corrected chi connectivity index (χ0v) is 13.2. The van der Waals surface area contributed by atoms with Gasteiger partial charge in [-0.2, -0.15) is 0 Å². The first-order valence-electron chi connectivity index (χ1n) is 6.70. The Morgan fingerprint density at radius 2 is 1.58 bits per heavy atom. The lowest BCUT2D eigenvalue weighted by molar-refractivity contribution is 0.287. The van der Waals surface area contributed by atoms with Gasteiger partial charge in [0, 0.05) is 23.2 Å². The highest BCUT2D eigenvalue weighted by molar-refractivity contribution is 6.31. The average Bonchev–Trinajstić information content (AvgIpc) is 2.30. The molecule has 0 aliphatic rings. The molecule has 19 heavy (non-hydrogen) atoms. The molecule has 0 aliphatic heterocycles. The molecule has 1 N–H and O–H groups in total. The van der Waals surface area contributed by atoms with Crippen molar-refractivity contribution >= 4 is 11.6 Å². The van der Waals surface area contributed by atoms with Crippen molar-refractivity contribution in [3.05, 3.63) is 22.7 Å². The maximum atomic E-state index is 6.29. The molecule has 0 saturated carbocycles. The minimum atomic E-state index is 0.0493. The van der Waals surface area contributed by atoms with Gasteiger partial charge in [0.25, 0.3) is 0 Å². The van der Waals surface area contributed by atoms with Crippen LogP contribution in [0, 0.1) is 0 Å². The molecule has 0 heterocycles. The van der Waals surface area contributed by atoms with Crippen LogP contribution in [0.1, 0.15) is 40.2 Å². The van der Waals surface area contributed by atoms with Gasteiger partial charge in [0.1, 0.15) is 0 Å². The SMILES string of the molecule is CCOc1cc(Cl)c(CNC(C)(C)C)cc1OCC. The molecular formula is C15H24ClNO2. The quantitative estimate of drug-likeness (QED) is 0.856. The van der Waals surface area contributed by atoms with Gasteiger partial charge in [-0.25, -0.2) is 0 Å². The molecule has 0 unspecified atom stereocenters. The average molecular weight is 286 g/mol. The predicted octanol–water partition coefficient (Wildman–Crippen LogP) is 4.03. The van der Waals surface area contributed by atoms with E-state index in [-0.39, 0.29) is 5.54 Å². The fraction of sp³-hybridized carbons (Fsp3) is 0.600. The number of rotatable bonds is 6. The molecule has 108 valence electrons. The molecule has 0 aliphatic carbocycles. The smallest absolute Gasteiger partial charge is 0.162 e. The molecule has 4 heteroatoms. The molecule has 0 aromatic heterocycles. The summed E-state index contributed by atoms with van der Waals surface area (Å²) in [5.41, 5.74) is 1.07. The Morgan fingerprint density at radius 1 is 1.05 bits per heavy atom. The second kappa shape index (κ2) is 7.01. The number of halogens is 1. The summed E-state index contributed by atoms with van der Waals surface area (Å²) in [5, 5.41) is 4.12. The maximum absolute atomic E-state index is 6.29. The minimum Gasteiger partial charge on any atom is -0.490 e. The van der Waals surface area contributed by atoms with E-state index in [4.69, 9.17) is 21.1 Å². The Kier molecular flexibility index (Phi) is 5.95. The molecule has 1 aromatic rings. The second-order valence-corrected chi connectivity index (χ2v) is 5.77. The number of hydrogen-bond donors (Lipinski definition) is 1. The van der Waals surface area contributed by atoms with Gasteiger partial charge in [-0.05, 0) is 46.2 Å². The summed E-state index contributed by atoms with van der Waals surface area (Å²) in [6, 6.07) is 3.78. The molecule has 0 saturated heterocycles. The third-order valence-electron chi connectivity index (χ3n) is 2.52. The third kappa shape index (κ3) is 5.29. The van der Waals surface area contributed by atoms with Crippen molar-refractivity contribution in [2.24, 2.45) is 0 Å². The van der Waals surface area contributed by atoms with Gasteiger partial charge in [0.05, 0.1) is 13.2 Å². The van der Waals surface area contributed by atoms with Gasteiger partial charge in [-0.15, -0.1) is 0 Å². The van der Waals surface area contributed by atoms with Crippen LogP contribution in [0.25, 0.3) is 0 Å². The maximum Gasteiger partial charge on any atom is 0.162 e. The summed E-state index contributed by atoms with van der Waals surface area (Å²) in [6.07, 6.45) is 0. The van der Waals surface area contributed by atoms with Crippen LogP contribution in [-0.2, 0) is 6.54 Å². The Balaban J connectivity index is 2.95. The fourth-order valence-corrected chi connectivity index (χ4v) is 1.83. The second-order valence-electron chi connectivity index (χ2n) is 5.36. The zero-order chi connectivity index (χ0) is 14.5. The summed E-state index contributed by atoms with van der Waals surface area (Å²) >= 11 is 6.29. The molecule has 0 spiro atoms. The summed E-state index contributed by atoms with van der Waals surface area (Å²) in [7, 11) is 0. The normalized spacial score (nSPS) is 11.5. The van der Waals surface area contributed by atoms with Crippen LogP contribution in [0.4, 0.5) is 0 Å². The lowest BCUT2D eigenvalue weighted by Gasteiger charge is -2.21. The molecule has 1 aromatic carbocycles. The van der Waals surface area contributed by atoms with E-state index in [1.807, 2.05) is 26.0 Å². The molecule has 0 fully saturated rings. The topological polar surface area (TPSA) is 30.5 Å². The Bertz CT molecular complexity index is 413. The van der Waals surface area contributed by atoms with Gasteiger partial charge in [-0.1, -0.05) is 11.6 Å². The zero-order valence-electron chi connectivity index (χ0n) is 12.5. The van der Waals surface area contributed by atoms with E-state index < -0.39 is 0 Å². The Hall–Kier alpha value is -0.930. The first-order valence-corrected chi connectivity index (χ1v) is 7.08. The first-order chi connectivity index (χ1) is 8.87.